The molecule has 2 heterocycles. The van der Waals surface area contributed by atoms with Crippen molar-refractivity contribution >= 4 is 17.5 Å². The summed E-state index contributed by atoms with van der Waals surface area (Å²) in [5.74, 6) is 1.72. The van der Waals surface area contributed by atoms with Gasteiger partial charge in [-0.3, -0.25) is 9.59 Å². The Bertz CT molecular complexity index is 735. The summed E-state index contributed by atoms with van der Waals surface area (Å²) in [6.45, 7) is 2.24. The van der Waals surface area contributed by atoms with Crippen LogP contribution in [0, 0.1) is 6.92 Å². The number of nitrogens with zero attached hydrogens (tertiary/aromatic N) is 1. The molecule has 2 amide bonds. The van der Waals surface area contributed by atoms with Crippen molar-refractivity contribution < 1.29 is 18.7 Å². The Hall–Kier alpha value is -2.76. The number of aryl methyl sites for hydroxylation is 1. The fourth-order valence-electron chi connectivity index (χ4n) is 2.31. The molecule has 1 aliphatic heterocycles. The molecule has 0 atom stereocenters. The maximum atomic E-state index is 12.5. The van der Waals surface area contributed by atoms with Gasteiger partial charge in [0.25, 0.3) is 11.8 Å². The normalized spacial score (nSPS) is 13.1. The standard InChI is InChI=1S/C16H16N2O4/c1-10-3-5-12(22-10)8-18(2)16(20)11-4-6-14-13(7-11)17-15(19)9-21-14/h3-7H,8-9H2,1-2H3,(H,17,19). The average molecular weight is 300 g/mol. The van der Waals surface area contributed by atoms with E-state index in [9.17, 15) is 9.59 Å². The minimum Gasteiger partial charge on any atom is -0.482 e. The molecule has 1 aromatic carbocycles. The summed E-state index contributed by atoms with van der Waals surface area (Å²) in [5.41, 5.74) is 1.000. The van der Waals surface area contributed by atoms with Gasteiger partial charge in [0.1, 0.15) is 17.3 Å². The van der Waals surface area contributed by atoms with Gasteiger partial charge in [0.05, 0.1) is 12.2 Å². The van der Waals surface area contributed by atoms with Gasteiger partial charge in [-0.15, -0.1) is 0 Å². The zero-order valence-corrected chi connectivity index (χ0v) is 12.4. The molecule has 1 aromatic heterocycles. The van der Waals surface area contributed by atoms with Gasteiger partial charge in [-0.2, -0.15) is 0 Å². The molecule has 0 aliphatic carbocycles. The molecule has 0 unspecified atom stereocenters. The number of hydrogen-bond donors (Lipinski definition) is 1. The van der Waals surface area contributed by atoms with Gasteiger partial charge in [0, 0.05) is 12.6 Å². The topological polar surface area (TPSA) is 71.8 Å². The van der Waals surface area contributed by atoms with Crippen molar-refractivity contribution in [2.75, 3.05) is 19.0 Å². The zero-order chi connectivity index (χ0) is 15.7. The van der Waals surface area contributed by atoms with Gasteiger partial charge in [-0.05, 0) is 37.3 Å². The Labute approximate surface area is 127 Å². The van der Waals surface area contributed by atoms with E-state index < -0.39 is 0 Å². The first-order chi connectivity index (χ1) is 10.5. The van der Waals surface area contributed by atoms with Crippen molar-refractivity contribution in [2.24, 2.45) is 0 Å². The number of ether oxygens (including phenoxy) is 1. The first-order valence-electron chi connectivity index (χ1n) is 6.90. The molecule has 1 N–H and O–H groups in total. The van der Waals surface area contributed by atoms with Crippen molar-refractivity contribution in [1.29, 1.82) is 0 Å². The van der Waals surface area contributed by atoms with Crippen molar-refractivity contribution in [2.45, 2.75) is 13.5 Å². The second kappa shape index (κ2) is 5.55. The second-order valence-electron chi connectivity index (χ2n) is 5.22. The van der Waals surface area contributed by atoms with Gasteiger partial charge in [-0.1, -0.05) is 0 Å². The Morgan fingerprint density at radius 1 is 1.32 bits per heavy atom. The van der Waals surface area contributed by atoms with Gasteiger partial charge in [0.15, 0.2) is 6.61 Å². The molecule has 0 saturated carbocycles. The number of nitrogens with one attached hydrogen (secondary N) is 1. The quantitative estimate of drug-likeness (QED) is 0.943. The lowest BCUT2D eigenvalue weighted by atomic mass is 10.1. The van der Waals surface area contributed by atoms with Crippen LogP contribution in [0.5, 0.6) is 5.75 Å². The largest absolute Gasteiger partial charge is 0.482 e. The van der Waals surface area contributed by atoms with E-state index in [1.54, 1.807) is 30.1 Å². The van der Waals surface area contributed by atoms with Crippen LogP contribution in [0.1, 0.15) is 21.9 Å². The number of benzene rings is 1. The number of rotatable bonds is 3. The first-order valence-corrected chi connectivity index (χ1v) is 6.90. The third-order valence-electron chi connectivity index (χ3n) is 3.40. The molecule has 114 valence electrons. The molecule has 6 nitrogen and oxygen atoms in total. The molecular weight excluding hydrogens is 284 g/mol. The van der Waals surface area contributed by atoms with E-state index in [2.05, 4.69) is 5.32 Å². The van der Waals surface area contributed by atoms with E-state index in [0.29, 0.717) is 23.5 Å². The number of hydrogen-bond acceptors (Lipinski definition) is 4. The lowest BCUT2D eigenvalue weighted by Gasteiger charge is -2.20. The number of carbonyl (C=O) groups excluding carboxylic acids is 2. The summed E-state index contributed by atoms with van der Waals surface area (Å²) in [7, 11) is 1.70. The van der Waals surface area contributed by atoms with Crippen LogP contribution >= 0.6 is 0 Å². The van der Waals surface area contributed by atoms with Crippen molar-refractivity contribution in [3.8, 4) is 5.75 Å². The highest BCUT2D eigenvalue weighted by Crippen LogP contribution is 2.28. The Balaban J connectivity index is 1.77. The van der Waals surface area contributed by atoms with E-state index in [1.807, 2.05) is 19.1 Å². The van der Waals surface area contributed by atoms with Crippen molar-refractivity contribution in [3.63, 3.8) is 0 Å². The van der Waals surface area contributed by atoms with E-state index >= 15 is 0 Å². The van der Waals surface area contributed by atoms with Gasteiger partial charge in [0.2, 0.25) is 0 Å². The number of anilines is 1. The predicted molar refractivity (Wildman–Crippen MR) is 79.8 cm³/mol. The van der Waals surface area contributed by atoms with Crippen LogP contribution in [0.4, 0.5) is 5.69 Å². The second-order valence-corrected chi connectivity index (χ2v) is 5.22. The molecule has 3 rings (SSSR count). The summed E-state index contributed by atoms with van der Waals surface area (Å²) >= 11 is 0. The maximum Gasteiger partial charge on any atom is 0.262 e. The highest BCUT2D eigenvalue weighted by molar-refractivity contribution is 5.99. The summed E-state index contributed by atoms with van der Waals surface area (Å²) in [4.78, 5) is 25.4. The summed E-state index contributed by atoms with van der Waals surface area (Å²) in [5, 5.41) is 2.69. The van der Waals surface area contributed by atoms with Gasteiger partial charge in [-0.25, -0.2) is 0 Å². The van der Waals surface area contributed by atoms with Crippen molar-refractivity contribution in [3.05, 3.63) is 47.4 Å². The number of amides is 2. The molecule has 0 fully saturated rings. The number of furan rings is 1. The molecule has 1 aliphatic rings. The molecule has 22 heavy (non-hydrogen) atoms. The monoisotopic (exact) mass is 300 g/mol. The van der Waals surface area contributed by atoms with Gasteiger partial charge >= 0.3 is 0 Å². The van der Waals surface area contributed by atoms with Crippen LogP contribution in [-0.2, 0) is 11.3 Å². The smallest absolute Gasteiger partial charge is 0.262 e. The molecular formula is C16H16N2O4. The van der Waals surface area contributed by atoms with Crippen LogP contribution < -0.4 is 10.1 Å². The number of carbonyl (C=O) groups is 2. The number of fused-ring (bicyclic) bond motifs is 1. The first kappa shape index (κ1) is 14.2. The summed E-state index contributed by atoms with van der Waals surface area (Å²) in [6.07, 6.45) is 0. The van der Waals surface area contributed by atoms with Gasteiger partial charge < -0.3 is 19.4 Å². The Morgan fingerprint density at radius 2 is 2.14 bits per heavy atom. The Morgan fingerprint density at radius 3 is 2.86 bits per heavy atom. The molecule has 2 aromatic rings. The molecule has 6 heteroatoms. The fourth-order valence-corrected chi connectivity index (χ4v) is 2.31. The van der Waals surface area contributed by atoms with Crippen LogP contribution in [0.15, 0.2) is 34.7 Å². The minimum atomic E-state index is -0.225. The van der Waals surface area contributed by atoms with Crippen LogP contribution in [0.25, 0.3) is 0 Å². The third-order valence-corrected chi connectivity index (χ3v) is 3.40. The zero-order valence-electron chi connectivity index (χ0n) is 12.4. The highest BCUT2D eigenvalue weighted by atomic mass is 16.5. The van der Waals surface area contributed by atoms with Crippen molar-refractivity contribution in [1.82, 2.24) is 4.90 Å². The molecule has 0 spiro atoms. The fraction of sp³-hybridized carbons (Fsp3) is 0.250. The van der Waals surface area contributed by atoms with Crippen LogP contribution in [-0.4, -0.2) is 30.4 Å². The van der Waals surface area contributed by atoms with E-state index in [1.165, 1.54) is 0 Å². The molecule has 0 radical (unpaired) electrons. The lowest BCUT2D eigenvalue weighted by Crippen LogP contribution is -2.28. The van der Waals surface area contributed by atoms with Crippen LogP contribution in [0.3, 0.4) is 0 Å². The van der Waals surface area contributed by atoms with E-state index in [0.717, 1.165) is 11.5 Å². The van der Waals surface area contributed by atoms with E-state index in [-0.39, 0.29) is 18.4 Å². The molecule has 0 bridgehead atoms. The molecule has 0 saturated heterocycles. The summed E-state index contributed by atoms with van der Waals surface area (Å²) in [6, 6.07) is 8.70. The lowest BCUT2D eigenvalue weighted by molar-refractivity contribution is -0.118. The predicted octanol–water partition coefficient (Wildman–Crippen LogP) is 2.19. The third kappa shape index (κ3) is 2.81. The van der Waals surface area contributed by atoms with E-state index in [4.69, 9.17) is 9.15 Å². The summed E-state index contributed by atoms with van der Waals surface area (Å²) < 4.78 is 10.8. The SMILES string of the molecule is Cc1ccc(CN(C)C(=O)c2ccc3c(c2)NC(=O)CO3)o1. The highest BCUT2D eigenvalue weighted by Gasteiger charge is 2.19. The van der Waals surface area contributed by atoms with Crippen LogP contribution in [0.2, 0.25) is 0 Å². The maximum absolute atomic E-state index is 12.5. The minimum absolute atomic E-state index is 0.00194. The Kier molecular flexibility index (Phi) is 3.58. The average Bonchev–Trinajstić information content (AvgIpc) is 2.90.